The third-order valence-electron chi connectivity index (χ3n) is 3.33. The van der Waals surface area contributed by atoms with Crippen molar-refractivity contribution < 1.29 is 9.90 Å². The van der Waals surface area contributed by atoms with Crippen LogP contribution in [-0.4, -0.2) is 28.6 Å². The van der Waals surface area contributed by atoms with Crippen LogP contribution in [0.25, 0.3) is 0 Å². The molecule has 0 radical (unpaired) electrons. The molecule has 0 saturated carbocycles. The molecule has 0 aromatic carbocycles. The van der Waals surface area contributed by atoms with Crippen LogP contribution in [0.15, 0.2) is 16.8 Å². The Bertz CT molecular complexity index is 350. The quantitative estimate of drug-likeness (QED) is 0.880. The van der Waals surface area contributed by atoms with E-state index in [1.807, 2.05) is 0 Å². The summed E-state index contributed by atoms with van der Waals surface area (Å²) in [5.74, 6) is -0.782. The highest BCUT2D eigenvalue weighted by Gasteiger charge is 2.29. The Hall–Kier alpha value is -0.870. The van der Waals surface area contributed by atoms with Crippen LogP contribution in [0.1, 0.15) is 25.3 Å². The van der Waals surface area contributed by atoms with Gasteiger partial charge in [0.2, 0.25) is 0 Å². The summed E-state index contributed by atoms with van der Waals surface area (Å²) in [7, 11) is 0. The van der Waals surface area contributed by atoms with Crippen LogP contribution in [0.5, 0.6) is 0 Å². The molecule has 16 heavy (non-hydrogen) atoms. The van der Waals surface area contributed by atoms with Crippen molar-refractivity contribution in [2.24, 2.45) is 5.92 Å². The van der Waals surface area contributed by atoms with Crippen LogP contribution < -0.4 is 0 Å². The maximum atomic E-state index is 10.9. The highest BCUT2D eigenvalue weighted by molar-refractivity contribution is 7.07. The molecule has 1 aliphatic rings. The number of hydrogen-bond donors (Lipinski definition) is 1. The van der Waals surface area contributed by atoms with Crippen molar-refractivity contribution in [3.05, 3.63) is 22.4 Å². The van der Waals surface area contributed by atoms with Crippen molar-refractivity contribution in [1.29, 1.82) is 0 Å². The first-order chi connectivity index (χ1) is 7.66. The van der Waals surface area contributed by atoms with Gasteiger partial charge in [-0.3, -0.25) is 9.69 Å². The van der Waals surface area contributed by atoms with Crippen molar-refractivity contribution in [2.75, 3.05) is 6.54 Å². The molecule has 1 N–H and O–H groups in total. The maximum Gasteiger partial charge on any atom is 0.306 e. The summed E-state index contributed by atoms with van der Waals surface area (Å²) in [6.45, 7) is 3.98. The molecule has 2 unspecified atom stereocenters. The Balaban J connectivity index is 1.91. The predicted octanol–water partition coefficient (Wildman–Crippen LogP) is 2.43. The van der Waals surface area contributed by atoms with Crippen LogP contribution in [0.4, 0.5) is 0 Å². The van der Waals surface area contributed by atoms with Crippen LogP contribution >= 0.6 is 11.3 Å². The van der Waals surface area contributed by atoms with Crippen LogP contribution in [0.3, 0.4) is 0 Å². The van der Waals surface area contributed by atoms with Gasteiger partial charge in [0.05, 0.1) is 5.92 Å². The van der Waals surface area contributed by atoms with E-state index in [9.17, 15) is 4.79 Å². The summed E-state index contributed by atoms with van der Waals surface area (Å²) in [5, 5.41) is 13.2. The number of carboxylic acids is 1. The monoisotopic (exact) mass is 239 g/mol. The number of nitrogens with zero attached hydrogens (tertiary/aromatic N) is 1. The second kappa shape index (κ2) is 4.97. The maximum absolute atomic E-state index is 10.9. The van der Waals surface area contributed by atoms with E-state index < -0.39 is 5.97 Å². The molecule has 1 saturated heterocycles. The molecule has 2 atom stereocenters. The van der Waals surface area contributed by atoms with Gasteiger partial charge < -0.3 is 5.11 Å². The number of hydrogen-bond acceptors (Lipinski definition) is 3. The van der Waals surface area contributed by atoms with E-state index in [0.717, 1.165) is 25.9 Å². The van der Waals surface area contributed by atoms with E-state index in [2.05, 4.69) is 28.7 Å². The highest BCUT2D eigenvalue weighted by atomic mass is 32.1. The van der Waals surface area contributed by atoms with Gasteiger partial charge in [-0.05, 0) is 48.7 Å². The SMILES string of the molecule is CC1CC(C(=O)O)CCN1Cc1ccsc1. The molecule has 88 valence electrons. The first-order valence-electron chi connectivity index (χ1n) is 5.64. The molecule has 0 aliphatic carbocycles. The number of likely N-dealkylation sites (tertiary alicyclic amines) is 1. The molecule has 0 amide bonds. The van der Waals surface area contributed by atoms with Crippen molar-refractivity contribution in [3.63, 3.8) is 0 Å². The first kappa shape index (κ1) is 11.6. The van der Waals surface area contributed by atoms with E-state index in [4.69, 9.17) is 5.11 Å². The molecule has 1 fully saturated rings. The summed E-state index contributed by atoms with van der Waals surface area (Å²) in [6, 6.07) is 2.51. The van der Waals surface area contributed by atoms with Crippen molar-refractivity contribution in [1.82, 2.24) is 4.90 Å². The first-order valence-corrected chi connectivity index (χ1v) is 6.59. The molecule has 3 nitrogen and oxygen atoms in total. The van der Waals surface area contributed by atoms with E-state index in [1.165, 1.54) is 5.56 Å². The lowest BCUT2D eigenvalue weighted by Crippen LogP contribution is -2.42. The largest absolute Gasteiger partial charge is 0.481 e. The Labute approximate surface area is 99.7 Å². The number of rotatable bonds is 3. The Morgan fingerprint density at radius 1 is 1.69 bits per heavy atom. The minimum absolute atomic E-state index is 0.145. The van der Waals surface area contributed by atoms with Crippen molar-refractivity contribution in [3.8, 4) is 0 Å². The fraction of sp³-hybridized carbons (Fsp3) is 0.583. The van der Waals surface area contributed by atoms with Gasteiger partial charge in [-0.2, -0.15) is 11.3 Å². The van der Waals surface area contributed by atoms with Crippen LogP contribution in [0, 0.1) is 5.92 Å². The molecule has 2 rings (SSSR count). The van der Waals surface area contributed by atoms with Gasteiger partial charge in [0, 0.05) is 12.6 Å². The zero-order valence-electron chi connectivity index (χ0n) is 9.43. The number of thiophene rings is 1. The fourth-order valence-corrected chi connectivity index (χ4v) is 2.96. The summed E-state index contributed by atoms with van der Waals surface area (Å²) < 4.78 is 0. The van der Waals surface area contributed by atoms with E-state index >= 15 is 0 Å². The van der Waals surface area contributed by atoms with E-state index in [0.29, 0.717) is 6.04 Å². The third kappa shape index (κ3) is 2.62. The fourth-order valence-electron chi connectivity index (χ4n) is 2.30. The lowest BCUT2D eigenvalue weighted by molar-refractivity contribution is -0.144. The van der Waals surface area contributed by atoms with Crippen molar-refractivity contribution >= 4 is 17.3 Å². The van der Waals surface area contributed by atoms with Crippen LogP contribution in [0.2, 0.25) is 0 Å². The predicted molar refractivity (Wildman–Crippen MR) is 64.6 cm³/mol. The molecule has 4 heteroatoms. The number of piperidine rings is 1. The number of carbonyl (C=O) groups is 1. The summed E-state index contributed by atoms with van der Waals surface area (Å²) >= 11 is 1.71. The molecule has 1 aromatic rings. The van der Waals surface area contributed by atoms with Gasteiger partial charge in [-0.15, -0.1) is 0 Å². The normalized spacial score (nSPS) is 26.8. The van der Waals surface area contributed by atoms with E-state index in [-0.39, 0.29) is 5.92 Å². The molecule has 0 bridgehead atoms. The molecular weight excluding hydrogens is 222 g/mol. The zero-order valence-corrected chi connectivity index (χ0v) is 10.2. The summed E-state index contributed by atoms with van der Waals surface area (Å²) in [6.07, 6.45) is 1.56. The average molecular weight is 239 g/mol. The minimum Gasteiger partial charge on any atom is -0.481 e. The van der Waals surface area contributed by atoms with E-state index in [1.54, 1.807) is 11.3 Å². The van der Waals surface area contributed by atoms with Gasteiger partial charge in [-0.1, -0.05) is 0 Å². The lowest BCUT2D eigenvalue weighted by Gasteiger charge is -2.36. The average Bonchev–Trinajstić information content (AvgIpc) is 2.73. The standard InChI is InChI=1S/C12H17NO2S/c1-9-6-11(12(14)15)2-4-13(9)7-10-3-5-16-8-10/h3,5,8-9,11H,2,4,6-7H2,1H3,(H,14,15). The van der Waals surface area contributed by atoms with Gasteiger partial charge in [0.25, 0.3) is 0 Å². The summed E-state index contributed by atoms with van der Waals surface area (Å²) in [5.41, 5.74) is 1.34. The summed E-state index contributed by atoms with van der Waals surface area (Å²) in [4.78, 5) is 13.3. The highest BCUT2D eigenvalue weighted by Crippen LogP contribution is 2.24. The smallest absolute Gasteiger partial charge is 0.306 e. The lowest BCUT2D eigenvalue weighted by atomic mass is 9.91. The minimum atomic E-state index is -0.637. The van der Waals surface area contributed by atoms with Gasteiger partial charge in [0.15, 0.2) is 0 Å². The molecule has 1 aromatic heterocycles. The molecular formula is C12H17NO2S. The molecule has 0 spiro atoms. The topological polar surface area (TPSA) is 40.5 Å². The van der Waals surface area contributed by atoms with Crippen LogP contribution in [-0.2, 0) is 11.3 Å². The zero-order chi connectivity index (χ0) is 11.5. The third-order valence-corrected chi connectivity index (χ3v) is 4.06. The second-order valence-corrected chi connectivity index (χ2v) is 5.29. The van der Waals surface area contributed by atoms with Gasteiger partial charge in [-0.25, -0.2) is 0 Å². The van der Waals surface area contributed by atoms with Crippen molar-refractivity contribution in [2.45, 2.75) is 32.4 Å². The number of aliphatic carboxylic acids is 1. The number of carboxylic acid groups (broad SMARTS) is 1. The molecule has 2 heterocycles. The Kier molecular flexibility index (Phi) is 3.61. The Morgan fingerprint density at radius 2 is 2.50 bits per heavy atom. The molecule has 1 aliphatic heterocycles. The van der Waals surface area contributed by atoms with Gasteiger partial charge >= 0.3 is 5.97 Å². The second-order valence-electron chi connectivity index (χ2n) is 4.51. The van der Waals surface area contributed by atoms with Gasteiger partial charge in [0.1, 0.15) is 0 Å². The Morgan fingerprint density at radius 3 is 3.06 bits per heavy atom.